The molecule has 2 aliphatic heterocycles. The van der Waals surface area contributed by atoms with E-state index in [1.807, 2.05) is 49.5 Å². The van der Waals surface area contributed by atoms with Gasteiger partial charge in [-0.1, -0.05) is 24.8 Å². The average Bonchev–Trinajstić information content (AvgIpc) is 3.34. The number of benzene rings is 3. The SMILES string of the molecule is C=C(CN1Cc2c(ccc3ccc(-c4cc(C=O)c(NC)c(OC)c4)cc23)C1=O)C(=O)NC.CNC1CCNCC1. The van der Waals surface area contributed by atoms with Gasteiger partial charge in [0.1, 0.15) is 5.75 Å². The number of anilines is 1. The van der Waals surface area contributed by atoms with Gasteiger partial charge in [0.2, 0.25) is 5.91 Å². The third-order valence-electron chi connectivity index (χ3n) is 7.74. The molecule has 1 saturated heterocycles. The molecule has 0 atom stereocenters. The van der Waals surface area contributed by atoms with E-state index in [0.29, 0.717) is 34.7 Å². The van der Waals surface area contributed by atoms with Crippen molar-refractivity contribution in [2.45, 2.75) is 25.4 Å². The number of carbonyl (C=O) groups excluding carboxylic acids is 3. The number of rotatable bonds is 8. The van der Waals surface area contributed by atoms with Crippen molar-refractivity contribution in [3.05, 3.63) is 71.3 Å². The Hall–Kier alpha value is -4.21. The first-order chi connectivity index (χ1) is 19.8. The molecule has 0 bridgehead atoms. The Kier molecular flexibility index (Phi) is 9.75. The molecule has 4 N–H and O–H groups in total. The minimum Gasteiger partial charge on any atom is -0.495 e. The first-order valence-electron chi connectivity index (χ1n) is 13.8. The van der Waals surface area contributed by atoms with Crippen molar-refractivity contribution in [1.29, 1.82) is 0 Å². The van der Waals surface area contributed by atoms with Crippen LogP contribution in [0.1, 0.15) is 39.1 Å². The van der Waals surface area contributed by atoms with Crippen LogP contribution in [0, 0.1) is 0 Å². The molecule has 3 aromatic rings. The second-order valence-electron chi connectivity index (χ2n) is 10.2. The van der Waals surface area contributed by atoms with Crippen LogP contribution in [-0.4, -0.2) is 76.9 Å². The van der Waals surface area contributed by atoms with Gasteiger partial charge in [0.15, 0.2) is 6.29 Å². The Labute approximate surface area is 241 Å². The molecule has 9 heteroatoms. The van der Waals surface area contributed by atoms with Gasteiger partial charge < -0.3 is 30.9 Å². The van der Waals surface area contributed by atoms with Gasteiger partial charge in [0.05, 0.1) is 19.3 Å². The normalized spacial score (nSPS) is 14.6. The topological polar surface area (TPSA) is 112 Å². The highest BCUT2D eigenvalue weighted by molar-refractivity contribution is 6.06. The quantitative estimate of drug-likeness (QED) is 0.247. The number of hydrogen-bond donors (Lipinski definition) is 4. The summed E-state index contributed by atoms with van der Waals surface area (Å²) in [5.41, 5.74) is 4.75. The molecular weight excluding hydrogens is 518 g/mol. The lowest BCUT2D eigenvalue weighted by atomic mass is 9.95. The highest BCUT2D eigenvalue weighted by atomic mass is 16.5. The lowest BCUT2D eigenvalue weighted by Gasteiger charge is -2.21. The van der Waals surface area contributed by atoms with E-state index in [0.717, 1.165) is 39.8 Å². The van der Waals surface area contributed by atoms with Crippen LogP contribution >= 0.6 is 0 Å². The van der Waals surface area contributed by atoms with Crippen molar-refractivity contribution in [2.75, 3.05) is 53.2 Å². The van der Waals surface area contributed by atoms with Gasteiger partial charge >= 0.3 is 0 Å². The number of methoxy groups -OCH3 is 1. The van der Waals surface area contributed by atoms with E-state index in [4.69, 9.17) is 4.74 Å². The van der Waals surface area contributed by atoms with E-state index in [1.54, 1.807) is 19.1 Å². The number of carbonyl (C=O) groups is 3. The van der Waals surface area contributed by atoms with E-state index < -0.39 is 0 Å². The standard InChI is InChI=1S/C26H25N3O4.C6H14N2/c1-15(25(31)28-3)12-29-13-22-20(26(29)32)8-7-16-5-6-17(10-21(16)22)18-9-19(14-30)24(27-2)23(11-18)33-4;1-7-6-2-4-8-5-3-6/h5-11,14,27H,1,12-13H2,2-4H3,(H,28,31);6-8H,2-5H2,1H3. The molecule has 0 spiro atoms. The zero-order valence-corrected chi connectivity index (χ0v) is 24.2. The van der Waals surface area contributed by atoms with Crippen LogP contribution in [0.3, 0.4) is 0 Å². The first kappa shape index (κ1) is 29.8. The van der Waals surface area contributed by atoms with Crippen LogP contribution in [0.25, 0.3) is 21.9 Å². The van der Waals surface area contributed by atoms with Crippen LogP contribution in [0.4, 0.5) is 5.69 Å². The van der Waals surface area contributed by atoms with E-state index in [1.165, 1.54) is 33.0 Å². The van der Waals surface area contributed by atoms with E-state index in [2.05, 4.69) is 27.8 Å². The summed E-state index contributed by atoms with van der Waals surface area (Å²) < 4.78 is 5.48. The minimum absolute atomic E-state index is 0.120. The fourth-order valence-electron chi connectivity index (χ4n) is 5.41. The average molecular weight is 558 g/mol. The number of nitrogens with one attached hydrogen (secondary N) is 4. The monoisotopic (exact) mass is 557 g/mol. The van der Waals surface area contributed by atoms with Gasteiger partial charge in [-0.3, -0.25) is 14.4 Å². The number of likely N-dealkylation sites (N-methyl/N-ethyl adjacent to an activating group) is 1. The molecule has 0 unspecified atom stereocenters. The molecule has 2 heterocycles. The summed E-state index contributed by atoms with van der Waals surface area (Å²) in [6.45, 7) is 6.73. The van der Waals surface area contributed by atoms with Crippen LogP contribution < -0.4 is 26.0 Å². The first-order valence-corrected chi connectivity index (χ1v) is 13.8. The molecule has 0 aromatic heterocycles. The van der Waals surface area contributed by atoms with Gasteiger partial charge in [-0.2, -0.15) is 0 Å². The van der Waals surface area contributed by atoms with Crippen molar-refractivity contribution in [1.82, 2.24) is 20.9 Å². The summed E-state index contributed by atoms with van der Waals surface area (Å²) in [7, 11) is 6.88. The highest BCUT2D eigenvalue weighted by Crippen LogP contribution is 2.37. The van der Waals surface area contributed by atoms with Gasteiger partial charge in [-0.05, 0) is 84.7 Å². The molecule has 1 fully saturated rings. The Balaban J connectivity index is 0.000000417. The van der Waals surface area contributed by atoms with Crippen molar-refractivity contribution in [2.24, 2.45) is 0 Å². The van der Waals surface area contributed by atoms with Crippen molar-refractivity contribution in [3.8, 4) is 16.9 Å². The predicted octanol–water partition coefficient (Wildman–Crippen LogP) is 3.59. The second-order valence-corrected chi connectivity index (χ2v) is 10.2. The second kappa shape index (κ2) is 13.4. The molecule has 0 aliphatic carbocycles. The van der Waals surface area contributed by atoms with E-state index in [9.17, 15) is 14.4 Å². The highest BCUT2D eigenvalue weighted by Gasteiger charge is 2.30. The smallest absolute Gasteiger partial charge is 0.254 e. The maximum atomic E-state index is 13.0. The minimum atomic E-state index is -0.282. The van der Waals surface area contributed by atoms with Gasteiger partial charge in [-0.15, -0.1) is 0 Å². The lowest BCUT2D eigenvalue weighted by molar-refractivity contribution is -0.117. The summed E-state index contributed by atoms with van der Waals surface area (Å²) in [5, 5.41) is 14.1. The molecule has 41 heavy (non-hydrogen) atoms. The molecule has 3 aromatic carbocycles. The Morgan fingerprint density at radius 2 is 1.83 bits per heavy atom. The summed E-state index contributed by atoms with van der Waals surface area (Å²) in [5.74, 6) is 0.172. The summed E-state index contributed by atoms with van der Waals surface area (Å²) in [6, 6.07) is 14.2. The zero-order valence-electron chi connectivity index (χ0n) is 24.2. The largest absolute Gasteiger partial charge is 0.495 e. The molecular formula is C32H39N5O4. The number of aldehydes is 1. The maximum Gasteiger partial charge on any atom is 0.254 e. The molecule has 5 rings (SSSR count). The third-order valence-corrected chi connectivity index (χ3v) is 7.74. The molecule has 0 radical (unpaired) electrons. The number of hydrogen-bond acceptors (Lipinski definition) is 7. The number of amides is 2. The van der Waals surface area contributed by atoms with Gasteiger partial charge in [-0.25, -0.2) is 0 Å². The Bertz CT molecular complexity index is 1460. The van der Waals surface area contributed by atoms with Crippen LogP contribution in [-0.2, 0) is 11.3 Å². The fourth-order valence-corrected chi connectivity index (χ4v) is 5.41. The Morgan fingerprint density at radius 1 is 1.10 bits per heavy atom. The molecule has 0 saturated carbocycles. The lowest BCUT2D eigenvalue weighted by Crippen LogP contribution is -2.37. The Morgan fingerprint density at radius 3 is 2.44 bits per heavy atom. The number of ether oxygens (including phenoxy) is 1. The van der Waals surface area contributed by atoms with Crippen molar-refractivity contribution < 1.29 is 19.1 Å². The van der Waals surface area contributed by atoms with Crippen molar-refractivity contribution >= 4 is 34.6 Å². The summed E-state index contributed by atoms with van der Waals surface area (Å²) in [4.78, 5) is 38.1. The summed E-state index contributed by atoms with van der Waals surface area (Å²) >= 11 is 0. The van der Waals surface area contributed by atoms with Gasteiger partial charge in [0, 0.05) is 43.4 Å². The van der Waals surface area contributed by atoms with Crippen molar-refractivity contribution in [3.63, 3.8) is 0 Å². The molecule has 9 nitrogen and oxygen atoms in total. The molecule has 216 valence electrons. The maximum absolute atomic E-state index is 13.0. The van der Waals surface area contributed by atoms with Crippen LogP contribution in [0.5, 0.6) is 5.75 Å². The van der Waals surface area contributed by atoms with Crippen LogP contribution in [0.2, 0.25) is 0 Å². The molecule has 2 amide bonds. The summed E-state index contributed by atoms with van der Waals surface area (Å²) in [6.07, 6.45) is 3.37. The third kappa shape index (κ3) is 6.42. The fraction of sp³-hybridized carbons (Fsp3) is 0.344. The number of piperidine rings is 1. The van der Waals surface area contributed by atoms with E-state index >= 15 is 0 Å². The zero-order chi connectivity index (χ0) is 29.5. The number of nitrogens with zero attached hydrogens (tertiary/aromatic N) is 1. The number of fused-ring (bicyclic) bond motifs is 3. The molecule has 2 aliphatic rings. The van der Waals surface area contributed by atoms with E-state index in [-0.39, 0.29) is 18.4 Å². The predicted molar refractivity (Wildman–Crippen MR) is 164 cm³/mol. The van der Waals surface area contributed by atoms with Crippen LogP contribution in [0.15, 0.2) is 54.6 Å². The van der Waals surface area contributed by atoms with Gasteiger partial charge in [0.25, 0.3) is 5.91 Å².